The molecule has 23 heavy (non-hydrogen) atoms. The van der Waals surface area contributed by atoms with E-state index < -0.39 is 0 Å². The van der Waals surface area contributed by atoms with Gasteiger partial charge in [0.1, 0.15) is 5.75 Å². The lowest BCUT2D eigenvalue weighted by atomic mass is 9.97. The molecule has 1 saturated heterocycles. The molecule has 2 atom stereocenters. The lowest BCUT2D eigenvalue weighted by molar-refractivity contribution is -0.132. The SMILES string of the molecule is Cc1noc([C@@H]2CN(C(=O)COc3ccccc3)C[C@H]2CO)n1. The highest BCUT2D eigenvalue weighted by molar-refractivity contribution is 5.78. The largest absolute Gasteiger partial charge is 0.484 e. The number of likely N-dealkylation sites (tertiary alicyclic amines) is 1. The molecule has 0 saturated carbocycles. The van der Waals surface area contributed by atoms with Crippen LogP contribution in [0.15, 0.2) is 34.9 Å². The van der Waals surface area contributed by atoms with E-state index in [-0.39, 0.29) is 31.0 Å². The van der Waals surface area contributed by atoms with Crippen molar-refractivity contribution in [2.45, 2.75) is 12.8 Å². The topological polar surface area (TPSA) is 88.7 Å². The third-order valence-electron chi connectivity index (χ3n) is 3.99. The Morgan fingerprint density at radius 3 is 2.83 bits per heavy atom. The van der Waals surface area contributed by atoms with Crippen LogP contribution < -0.4 is 4.74 Å². The van der Waals surface area contributed by atoms with Crippen molar-refractivity contribution >= 4 is 5.91 Å². The first-order chi connectivity index (χ1) is 11.2. The maximum Gasteiger partial charge on any atom is 0.260 e. The number of ether oxygens (including phenoxy) is 1. The summed E-state index contributed by atoms with van der Waals surface area (Å²) in [4.78, 5) is 18.2. The Kier molecular flexibility index (Phi) is 4.57. The van der Waals surface area contributed by atoms with Gasteiger partial charge in [0.2, 0.25) is 5.89 Å². The fourth-order valence-electron chi connectivity index (χ4n) is 2.76. The van der Waals surface area contributed by atoms with Crippen molar-refractivity contribution in [3.8, 4) is 5.75 Å². The van der Waals surface area contributed by atoms with Gasteiger partial charge in [-0.25, -0.2) is 0 Å². The summed E-state index contributed by atoms with van der Waals surface area (Å²) in [5.41, 5.74) is 0. The van der Waals surface area contributed by atoms with E-state index in [2.05, 4.69) is 10.1 Å². The van der Waals surface area contributed by atoms with Crippen LogP contribution in [0.4, 0.5) is 0 Å². The molecular formula is C16H19N3O4. The number of aromatic nitrogens is 2. The number of amides is 1. The van der Waals surface area contributed by atoms with Crippen molar-refractivity contribution in [1.82, 2.24) is 15.0 Å². The zero-order valence-corrected chi connectivity index (χ0v) is 12.9. The van der Waals surface area contributed by atoms with Gasteiger partial charge >= 0.3 is 0 Å². The number of carbonyl (C=O) groups is 1. The molecule has 1 amide bonds. The molecule has 1 fully saturated rings. The van der Waals surface area contributed by atoms with Crippen LogP contribution in [0.2, 0.25) is 0 Å². The van der Waals surface area contributed by atoms with E-state index in [9.17, 15) is 9.90 Å². The Balaban J connectivity index is 1.61. The van der Waals surface area contributed by atoms with E-state index in [1.165, 1.54) is 0 Å². The molecule has 1 aromatic carbocycles. The molecular weight excluding hydrogens is 298 g/mol. The third kappa shape index (κ3) is 3.50. The van der Waals surface area contributed by atoms with E-state index in [1.807, 2.05) is 18.2 Å². The molecule has 0 radical (unpaired) electrons. The fraction of sp³-hybridized carbons (Fsp3) is 0.438. The van der Waals surface area contributed by atoms with Crippen LogP contribution in [0.25, 0.3) is 0 Å². The average Bonchev–Trinajstić information content (AvgIpc) is 3.19. The van der Waals surface area contributed by atoms with Crippen molar-refractivity contribution in [3.63, 3.8) is 0 Å². The first kappa shape index (κ1) is 15.5. The molecule has 3 rings (SSSR count). The van der Waals surface area contributed by atoms with E-state index >= 15 is 0 Å². The summed E-state index contributed by atoms with van der Waals surface area (Å²) in [5, 5.41) is 13.3. The van der Waals surface area contributed by atoms with Gasteiger partial charge in [0, 0.05) is 25.6 Å². The van der Waals surface area contributed by atoms with E-state index in [0.717, 1.165) is 0 Å². The molecule has 2 heterocycles. The highest BCUT2D eigenvalue weighted by Gasteiger charge is 2.39. The van der Waals surface area contributed by atoms with Gasteiger partial charge in [-0.3, -0.25) is 4.79 Å². The lowest BCUT2D eigenvalue weighted by Crippen LogP contribution is -2.33. The summed E-state index contributed by atoms with van der Waals surface area (Å²) < 4.78 is 10.7. The lowest BCUT2D eigenvalue weighted by Gasteiger charge is -2.16. The number of rotatable bonds is 5. The first-order valence-corrected chi connectivity index (χ1v) is 7.54. The van der Waals surface area contributed by atoms with Crippen LogP contribution in [0, 0.1) is 12.8 Å². The van der Waals surface area contributed by atoms with Crippen LogP contribution in [-0.2, 0) is 4.79 Å². The Hall–Kier alpha value is -2.41. The van der Waals surface area contributed by atoms with Crippen LogP contribution >= 0.6 is 0 Å². The molecule has 0 spiro atoms. The number of para-hydroxylation sites is 1. The van der Waals surface area contributed by atoms with E-state index in [4.69, 9.17) is 9.26 Å². The normalized spacial score (nSPS) is 20.7. The van der Waals surface area contributed by atoms with Crippen molar-refractivity contribution in [2.24, 2.45) is 5.92 Å². The summed E-state index contributed by atoms with van der Waals surface area (Å²) in [6.07, 6.45) is 0. The van der Waals surface area contributed by atoms with Gasteiger partial charge in [-0.2, -0.15) is 4.98 Å². The van der Waals surface area contributed by atoms with Gasteiger partial charge < -0.3 is 19.3 Å². The van der Waals surface area contributed by atoms with E-state index in [0.29, 0.717) is 30.6 Å². The van der Waals surface area contributed by atoms with Crippen LogP contribution in [-0.4, -0.2) is 52.4 Å². The number of hydrogen-bond acceptors (Lipinski definition) is 6. The summed E-state index contributed by atoms with van der Waals surface area (Å²) in [6.45, 7) is 2.59. The third-order valence-corrected chi connectivity index (χ3v) is 3.99. The summed E-state index contributed by atoms with van der Waals surface area (Å²) >= 11 is 0. The molecule has 1 N–H and O–H groups in total. The highest BCUT2D eigenvalue weighted by atomic mass is 16.5. The number of carbonyl (C=O) groups excluding carboxylic acids is 1. The Morgan fingerprint density at radius 2 is 2.17 bits per heavy atom. The van der Waals surface area contributed by atoms with Crippen molar-refractivity contribution in [2.75, 3.05) is 26.3 Å². The van der Waals surface area contributed by atoms with Gasteiger partial charge in [-0.1, -0.05) is 23.4 Å². The minimum absolute atomic E-state index is 0.0300. The van der Waals surface area contributed by atoms with Gasteiger partial charge in [0.15, 0.2) is 12.4 Å². The van der Waals surface area contributed by atoms with Crippen molar-refractivity contribution in [3.05, 3.63) is 42.0 Å². The van der Waals surface area contributed by atoms with Crippen LogP contribution in [0.1, 0.15) is 17.6 Å². The van der Waals surface area contributed by atoms with Crippen molar-refractivity contribution in [1.29, 1.82) is 0 Å². The molecule has 0 bridgehead atoms. The minimum atomic E-state index is -0.137. The second kappa shape index (κ2) is 6.78. The predicted molar refractivity (Wildman–Crippen MR) is 80.9 cm³/mol. The van der Waals surface area contributed by atoms with Crippen LogP contribution in [0.3, 0.4) is 0 Å². The maximum absolute atomic E-state index is 12.3. The summed E-state index contributed by atoms with van der Waals surface area (Å²) in [7, 11) is 0. The molecule has 0 aliphatic carbocycles. The molecule has 7 heteroatoms. The minimum Gasteiger partial charge on any atom is -0.484 e. The number of aliphatic hydroxyl groups is 1. The number of nitrogens with zero attached hydrogens (tertiary/aromatic N) is 3. The molecule has 1 aliphatic rings. The first-order valence-electron chi connectivity index (χ1n) is 7.54. The number of hydrogen-bond donors (Lipinski definition) is 1. The maximum atomic E-state index is 12.3. The quantitative estimate of drug-likeness (QED) is 0.885. The van der Waals surface area contributed by atoms with Gasteiger partial charge in [-0.15, -0.1) is 0 Å². The van der Waals surface area contributed by atoms with Gasteiger partial charge in [-0.05, 0) is 19.1 Å². The Morgan fingerprint density at radius 1 is 1.39 bits per heavy atom. The smallest absolute Gasteiger partial charge is 0.260 e. The molecule has 1 aromatic heterocycles. The molecule has 2 aromatic rings. The monoisotopic (exact) mass is 317 g/mol. The number of aryl methyl sites for hydroxylation is 1. The van der Waals surface area contributed by atoms with Crippen LogP contribution in [0.5, 0.6) is 5.75 Å². The zero-order chi connectivity index (χ0) is 16.2. The van der Waals surface area contributed by atoms with E-state index in [1.54, 1.807) is 24.0 Å². The average molecular weight is 317 g/mol. The molecule has 122 valence electrons. The van der Waals surface area contributed by atoms with Crippen molar-refractivity contribution < 1.29 is 19.2 Å². The van der Waals surface area contributed by atoms with Gasteiger partial charge in [0.25, 0.3) is 5.91 Å². The molecule has 1 aliphatic heterocycles. The fourth-order valence-corrected chi connectivity index (χ4v) is 2.76. The number of benzene rings is 1. The standard InChI is InChI=1S/C16H19N3O4/c1-11-17-16(23-18-11)14-8-19(7-12(14)9-20)15(21)10-22-13-5-3-2-4-6-13/h2-6,12,14,20H,7-10H2,1H3/t12-,14+/m0/s1. The molecule has 7 nitrogen and oxygen atoms in total. The number of aliphatic hydroxyl groups excluding tert-OH is 1. The Bertz CT molecular complexity index is 658. The zero-order valence-electron chi connectivity index (χ0n) is 12.9. The second-order valence-corrected chi connectivity index (χ2v) is 5.63. The van der Waals surface area contributed by atoms with Gasteiger partial charge in [0.05, 0.1) is 5.92 Å². The summed E-state index contributed by atoms with van der Waals surface area (Å²) in [6, 6.07) is 9.20. The Labute approximate surface area is 133 Å². The second-order valence-electron chi connectivity index (χ2n) is 5.63. The molecule has 0 unspecified atom stereocenters. The summed E-state index contributed by atoms with van der Waals surface area (Å²) in [5.74, 6) is 1.32. The highest BCUT2D eigenvalue weighted by Crippen LogP contribution is 2.31. The predicted octanol–water partition coefficient (Wildman–Crippen LogP) is 0.991.